The summed E-state index contributed by atoms with van der Waals surface area (Å²) in [6.07, 6.45) is 0.938. The predicted octanol–water partition coefficient (Wildman–Crippen LogP) is 1.89. The van der Waals surface area contributed by atoms with Crippen molar-refractivity contribution in [2.45, 2.75) is 32.7 Å². The molecule has 1 aromatic rings. The number of piperidine rings is 1. The first-order chi connectivity index (χ1) is 9.90. The number of hydrogen-bond donors (Lipinski definition) is 2. The van der Waals surface area contributed by atoms with E-state index in [-0.39, 0.29) is 30.0 Å². The molecule has 0 aromatic heterocycles. The first-order valence-electron chi connectivity index (χ1n) is 7.20. The molecule has 5 heteroatoms. The largest absolute Gasteiger partial charge is 0.508 e. The van der Waals surface area contributed by atoms with Gasteiger partial charge in [-0.1, -0.05) is 19.1 Å². The molecule has 1 aliphatic heterocycles. The average Bonchev–Trinajstić information content (AvgIpc) is 2.39. The molecule has 1 fully saturated rings. The molecule has 1 amide bonds. The average molecular weight is 291 g/mol. The fourth-order valence-electron chi connectivity index (χ4n) is 3.11. The Morgan fingerprint density at radius 2 is 1.90 bits per heavy atom. The smallest absolute Gasteiger partial charge is 0.308 e. The molecule has 3 atom stereocenters. The van der Waals surface area contributed by atoms with Crippen LogP contribution in [0.2, 0.25) is 0 Å². The molecule has 21 heavy (non-hydrogen) atoms. The van der Waals surface area contributed by atoms with Crippen LogP contribution in [0.5, 0.6) is 5.75 Å². The molecule has 0 aliphatic carbocycles. The summed E-state index contributed by atoms with van der Waals surface area (Å²) in [5, 5.41) is 18.6. The van der Waals surface area contributed by atoms with E-state index in [9.17, 15) is 19.8 Å². The number of carbonyl (C=O) groups is 2. The standard InChI is InChI=1S/C16H21NO4/c1-10-9-14(19)17(11(2)15(10)16(20)21)8-7-12-3-5-13(18)6-4-12/h3-6,10-11,15,18H,7-9H2,1-2H3,(H,20,21). The number of phenolic OH excluding ortho intramolecular Hbond substituents is 1. The van der Waals surface area contributed by atoms with E-state index >= 15 is 0 Å². The Balaban J connectivity index is 2.05. The van der Waals surface area contributed by atoms with Crippen molar-refractivity contribution in [3.8, 4) is 5.75 Å². The lowest BCUT2D eigenvalue weighted by Crippen LogP contribution is -2.53. The first kappa shape index (κ1) is 15.4. The molecular weight excluding hydrogens is 270 g/mol. The van der Waals surface area contributed by atoms with Gasteiger partial charge in [-0.2, -0.15) is 0 Å². The number of aliphatic carboxylic acids is 1. The van der Waals surface area contributed by atoms with Crippen LogP contribution in [0.15, 0.2) is 24.3 Å². The van der Waals surface area contributed by atoms with Crippen molar-refractivity contribution in [2.24, 2.45) is 11.8 Å². The van der Waals surface area contributed by atoms with E-state index in [1.807, 2.05) is 26.0 Å². The summed E-state index contributed by atoms with van der Waals surface area (Å²) in [5.74, 6) is -1.25. The van der Waals surface area contributed by atoms with Crippen molar-refractivity contribution in [1.82, 2.24) is 4.90 Å². The van der Waals surface area contributed by atoms with Crippen molar-refractivity contribution in [3.05, 3.63) is 29.8 Å². The molecule has 1 aliphatic rings. The van der Waals surface area contributed by atoms with Gasteiger partial charge in [-0.05, 0) is 37.0 Å². The van der Waals surface area contributed by atoms with Gasteiger partial charge in [0.2, 0.25) is 5.91 Å². The molecule has 0 spiro atoms. The Morgan fingerprint density at radius 3 is 2.48 bits per heavy atom. The number of carbonyl (C=O) groups excluding carboxylic acids is 1. The van der Waals surface area contributed by atoms with Gasteiger partial charge in [0.25, 0.3) is 0 Å². The minimum atomic E-state index is -0.836. The molecule has 0 saturated carbocycles. The molecule has 0 bridgehead atoms. The van der Waals surface area contributed by atoms with Gasteiger partial charge in [-0.3, -0.25) is 9.59 Å². The van der Waals surface area contributed by atoms with Gasteiger partial charge in [0.15, 0.2) is 0 Å². The number of aromatic hydroxyl groups is 1. The minimum Gasteiger partial charge on any atom is -0.508 e. The van der Waals surface area contributed by atoms with Gasteiger partial charge in [0.05, 0.1) is 5.92 Å². The van der Waals surface area contributed by atoms with E-state index in [2.05, 4.69) is 0 Å². The lowest BCUT2D eigenvalue weighted by Gasteiger charge is -2.40. The Morgan fingerprint density at radius 1 is 1.29 bits per heavy atom. The summed E-state index contributed by atoms with van der Waals surface area (Å²) in [4.78, 5) is 25.2. The summed E-state index contributed by atoms with van der Waals surface area (Å²) in [5.41, 5.74) is 1.01. The number of nitrogens with zero attached hydrogens (tertiary/aromatic N) is 1. The summed E-state index contributed by atoms with van der Waals surface area (Å²) in [7, 11) is 0. The summed E-state index contributed by atoms with van der Waals surface area (Å²) in [6.45, 7) is 4.13. The van der Waals surface area contributed by atoms with Gasteiger partial charge in [-0.15, -0.1) is 0 Å². The van der Waals surface area contributed by atoms with Gasteiger partial charge >= 0.3 is 5.97 Å². The van der Waals surface area contributed by atoms with Crippen LogP contribution >= 0.6 is 0 Å². The topological polar surface area (TPSA) is 77.8 Å². The number of phenols is 1. The van der Waals surface area contributed by atoms with E-state index < -0.39 is 11.9 Å². The molecule has 3 unspecified atom stereocenters. The van der Waals surface area contributed by atoms with Crippen LogP contribution < -0.4 is 0 Å². The number of rotatable bonds is 4. The van der Waals surface area contributed by atoms with Crippen molar-refractivity contribution in [1.29, 1.82) is 0 Å². The second-order valence-corrected chi connectivity index (χ2v) is 5.79. The summed E-state index contributed by atoms with van der Waals surface area (Å²) in [6, 6.07) is 6.55. The van der Waals surface area contributed by atoms with Crippen LogP contribution in [-0.2, 0) is 16.0 Å². The second-order valence-electron chi connectivity index (χ2n) is 5.79. The zero-order valence-corrected chi connectivity index (χ0v) is 12.3. The highest BCUT2D eigenvalue weighted by Crippen LogP contribution is 2.30. The summed E-state index contributed by atoms with van der Waals surface area (Å²) >= 11 is 0. The van der Waals surface area contributed by atoms with Gasteiger partial charge in [0, 0.05) is 19.0 Å². The maximum atomic E-state index is 12.2. The van der Waals surface area contributed by atoms with Crippen molar-refractivity contribution < 1.29 is 19.8 Å². The van der Waals surface area contributed by atoms with Crippen molar-refractivity contribution in [3.63, 3.8) is 0 Å². The Bertz CT molecular complexity index is 526. The quantitative estimate of drug-likeness (QED) is 0.888. The Kier molecular flexibility index (Phi) is 4.50. The van der Waals surface area contributed by atoms with Crippen molar-refractivity contribution in [2.75, 3.05) is 6.54 Å². The fraction of sp³-hybridized carbons (Fsp3) is 0.500. The molecule has 1 saturated heterocycles. The number of carboxylic acids is 1. The summed E-state index contributed by atoms with van der Waals surface area (Å²) < 4.78 is 0. The third-order valence-corrected chi connectivity index (χ3v) is 4.30. The van der Waals surface area contributed by atoms with E-state index in [0.29, 0.717) is 13.0 Å². The zero-order chi connectivity index (χ0) is 15.6. The Labute approximate surface area is 124 Å². The van der Waals surface area contributed by atoms with Crippen LogP contribution in [0.3, 0.4) is 0 Å². The highest BCUT2D eigenvalue weighted by molar-refractivity contribution is 5.81. The van der Waals surface area contributed by atoms with E-state index in [4.69, 9.17) is 0 Å². The van der Waals surface area contributed by atoms with E-state index in [0.717, 1.165) is 5.56 Å². The Hall–Kier alpha value is -2.04. The van der Waals surface area contributed by atoms with Gasteiger partial charge < -0.3 is 15.1 Å². The zero-order valence-electron chi connectivity index (χ0n) is 12.3. The lowest BCUT2D eigenvalue weighted by atomic mass is 9.81. The molecule has 2 rings (SSSR count). The molecule has 1 heterocycles. The second kappa shape index (κ2) is 6.16. The number of likely N-dealkylation sites (tertiary alicyclic amines) is 1. The van der Waals surface area contributed by atoms with E-state index in [1.54, 1.807) is 17.0 Å². The third kappa shape index (κ3) is 3.35. The lowest BCUT2D eigenvalue weighted by molar-refractivity contribution is -0.154. The van der Waals surface area contributed by atoms with Crippen LogP contribution in [0.4, 0.5) is 0 Å². The number of hydrogen-bond acceptors (Lipinski definition) is 3. The predicted molar refractivity (Wildman–Crippen MR) is 77.9 cm³/mol. The van der Waals surface area contributed by atoms with Crippen LogP contribution in [0.25, 0.3) is 0 Å². The van der Waals surface area contributed by atoms with E-state index in [1.165, 1.54) is 0 Å². The first-order valence-corrected chi connectivity index (χ1v) is 7.20. The van der Waals surface area contributed by atoms with Gasteiger partial charge in [-0.25, -0.2) is 0 Å². The molecule has 0 radical (unpaired) electrons. The molecule has 1 aromatic carbocycles. The van der Waals surface area contributed by atoms with Crippen LogP contribution in [-0.4, -0.2) is 39.6 Å². The number of benzene rings is 1. The highest BCUT2D eigenvalue weighted by atomic mass is 16.4. The maximum Gasteiger partial charge on any atom is 0.308 e. The third-order valence-electron chi connectivity index (χ3n) is 4.30. The molecular formula is C16H21NO4. The monoisotopic (exact) mass is 291 g/mol. The highest BCUT2D eigenvalue weighted by Gasteiger charge is 2.41. The molecule has 5 nitrogen and oxygen atoms in total. The minimum absolute atomic E-state index is 0.0197. The molecule has 114 valence electrons. The maximum absolute atomic E-state index is 12.2. The fourth-order valence-corrected chi connectivity index (χ4v) is 3.11. The van der Waals surface area contributed by atoms with Crippen LogP contribution in [0, 0.1) is 11.8 Å². The number of amides is 1. The number of carboxylic acid groups (broad SMARTS) is 1. The normalized spacial score (nSPS) is 25.9. The SMILES string of the molecule is CC1CC(=O)N(CCc2ccc(O)cc2)C(C)C1C(=O)O. The van der Waals surface area contributed by atoms with Crippen LogP contribution in [0.1, 0.15) is 25.8 Å². The van der Waals surface area contributed by atoms with Gasteiger partial charge in [0.1, 0.15) is 5.75 Å². The molecule has 2 N–H and O–H groups in total. The van der Waals surface area contributed by atoms with Crippen molar-refractivity contribution >= 4 is 11.9 Å².